The molecule has 12 aromatic carbocycles. The number of carbonyl (C=O) groups is 2. The van der Waals surface area contributed by atoms with Gasteiger partial charge in [-0.25, -0.2) is 0 Å². The van der Waals surface area contributed by atoms with Crippen LogP contribution in [0.4, 0.5) is 0 Å². The topological polar surface area (TPSA) is 307 Å². The first-order valence-corrected chi connectivity index (χ1v) is 42.5. The number of hydrogen-bond acceptors (Lipinski definition) is 22. The van der Waals surface area contributed by atoms with Crippen molar-refractivity contribution in [3.8, 4) is 84.8 Å². The zero-order chi connectivity index (χ0) is 91.5. The minimum Gasteiger partial charge on any atom is -0.508 e. The van der Waals surface area contributed by atoms with E-state index in [1.807, 2.05) is 178 Å². The Labute approximate surface area is 768 Å². The van der Waals surface area contributed by atoms with Crippen molar-refractivity contribution >= 4 is 150 Å². The Bertz CT molecular complexity index is 6280. The van der Waals surface area contributed by atoms with Crippen LogP contribution in [-0.4, -0.2) is 131 Å². The molecule has 0 aliphatic carbocycles. The lowest BCUT2D eigenvalue weighted by Crippen LogP contribution is -2.29. The summed E-state index contributed by atoms with van der Waals surface area (Å²) in [6, 6.07) is 76.3. The zero-order valence-corrected chi connectivity index (χ0v) is 77.5. The van der Waals surface area contributed by atoms with Crippen LogP contribution in [0.1, 0.15) is 48.5 Å². The SMILES string of the molecule is COC(CBr)OC.COC(COc1cc(C)ccc1Br)OC.COc1ccc(-c2ccc(C)c3ccoc23)cc1.COc1ccc(-c2ccc(C=O)c3ccoc23)cc1.COc1ccc(B(O)O)cc1.Cc1ccc(Br)c(O)c1.Cc1ccc(Br)c2occc12.O/N=C/c1ccc(-c2ccc(O)cc2)c2occc12.O=Cc1ccc(-c2ccc(O)cc2)c2occc12. The molecule has 22 nitrogen and oxygen atoms in total. The molecule has 17 rings (SSSR count). The van der Waals surface area contributed by atoms with Crippen LogP contribution >= 0.6 is 63.7 Å². The molecule has 17 aromatic rings. The minimum absolute atomic E-state index is 0.0972. The number of rotatable bonds is 19. The summed E-state index contributed by atoms with van der Waals surface area (Å²) in [6.45, 7) is 8.49. The maximum absolute atomic E-state index is 11.0. The molecule has 0 atom stereocenters. The van der Waals surface area contributed by atoms with Gasteiger partial charge in [0.25, 0.3) is 0 Å². The molecule has 0 spiro atoms. The summed E-state index contributed by atoms with van der Waals surface area (Å²) < 4.78 is 70.4. The second-order valence-electron chi connectivity index (χ2n) is 27.6. The van der Waals surface area contributed by atoms with Gasteiger partial charge >= 0.3 is 7.12 Å². The first-order chi connectivity index (χ1) is 61.4. The number of benzene rings is 12. The van der Waals surface area contributed by atoms with E-state index in [1.165, 1.54) is 28.1 Å². The van der Waals surface area contributed by atoms with E-state index in [4.69, 9.17) is 80.3 Å². The molecule has 6 N–H and O–H groups in total. The molecule has 0 fully saturated rings. The highest BCUT2D eigenvalue weighted by molar-refractivity contribution is 9.11. The minimum atomic E-state index is -1.40. The lowest BCUT2D eigenvalue weighted by molar-refractivity contribution is -0.122. The molecule has 5 heterocycles. The Balaban J connectivity index is 0.000000164. The Hall–Kier alpha value is -12.5. The Morgan fingerprint density at radius 3 is 1.08 bits per heavy atom. The highest BCUT2D eigenvalue weighted by Gasteiger charge is 2.17. The van der Waals surface area contributed by atoms with E-state index < -0.39 is 7.12 Å². The summed E-state index contributed by atoms with van der Waals surface area (Å²) in [7, 11) is 9.85. The smallest absolute Gasteiger partial charge is 0.488 e. The summed E-state index contributed by atoms with van der Waals surface area (Å²) in [4.78, 5) is 21.9. The van der Waals surface area contributed by atoms with Crippen molar-refractivity contribution in [3.63, 3.8) is 0 Å². The summed E-state index contributed by atoms with van der Waals surface area (Å²) in [6.07, 6.45) is 10.8. The van der Waals surface area contributed by atoms with E-state index in [9.17, 15) is 19.8 Å². The number of phenolic OH excluding ortho intramolecular Hbond substituents is 3. The van der Waals surface area contributed by atoms with Gasteiger partial charge in [-0.15, -0.1) is 0 Å². The van der Waals surface area contributed by atoms with Gasteiger partial charge in [-0.1, -0.05) is 130 Å². The van der Waals surface area contributed by atoms with E-state index >= 15 is 0 Å². The molecule has 0 saturated heterocycles. The fraction of sp³-hybridized carbons (Fsp3) is 0.150. The van der Waals surface area contributed by atoms with Gasteiger partial charge in [-0.05, 0) is 265 Å². The predicted octanol–water partition coefficient (Wildman–Crippen LogP) is 24.7. The van der Waals surface area contributed by atoms with Crippen LogP contribution in [0.3, 0.4) is 0 Å². The molecule has 0 saturated carbocycles. The quantitative estimate of drug-likeness (QED) is 0.00833. The van der Waals surface area contributed by atoms with Crippen LogP contribution in [0, 0.1) is 27.7 Å². The first-order valence-electron chi connectivity index (χ1n) is 39.0. The number of aromatic hydroxyl groups is 3. The maximum Gasteiger partial charge on any atom is 0.488 e. The third-order valence-corrected chi connectivity index (χ3v) is 21.8. The number of aryl methyl sites for hydroxylation is 4. The summed E-state index contributed by atoms with van der Waals surface area (Å²) in [5.74, 6) is 3.92. The van der Waals surface area contributed by atoms with Crippen molar-refractivity contribution in [2.24, 2.45) is 5.16 Å². The van der Waals surface area contributed by atoms with E-state index in [0.717, 1.165) is 148 Å². The summed E-state index contributed by atoms with van der Waals surface area (Å²) in [5, 5.41) is 62.4. The van der Waals surface area contributed by atoms with E-state index in [1.54, 1.807) is 148 Å². The van der Waals surface area contributed by atoms with Crippen molar-refractivity contribution in [1.82, 2.24) is 0 Å². The highest BCUT2D eigenvalue weighted by atomic mass is 79.9. The molecule has 0 amide bonds. The zero-order valence-electron chi connectivity index (χ0n) is 71.2. The number of furan rings is 5. The predicted molar refractivity (Wildman–Crippen MR) is 514 cm³/mol. The first kappa shape index (κ1) is 98.3. The number of halogens is 4. The number of aldehydes is 2. The molecular weight excluding hydrogens is 1880 g/mol. The van der Waals surface area contributed by atoms with Crippen molar-refractivity contribution in [1.29, 1.82) is 0 Å². The number of ether oxygens (including phenoxy) is 8. The Kier molecular flexibility index (Phi) is 38.7. The van der Waals surface area contributed by atoms with Gasteiger partial charge in [-0.2, -0.15) is 0 Å². The van der Waals surface area contributed by atoms with Gasteiger partial charge in [0, 0.05) is 94.3 Å². The van der Waals surface area contributed by atoms with Crippen LogP contribution in [-0.2, 0) is 18.9 Å². The largest absolute Gasteiger partial charge is 0.508 e. The molecule has 5 aromatic heterocycles. The second-order valence-corrected chi connectivity index (χ2v) is 30.8. The fourth-order valence-corrected chi connectivity index (χ4v) is 14.0. The number of nitrogens with zero attached hydrogens (tertiary/aromatic N) is 1. The highest BCUT2D eigenvalue weighted by Crippen LogP contribution is 2.38. The lowest BCUT2D eigenvalue weighted by Gasteiger charge is -2.15. The monoisotopic (exact) mass is 1970 g/mol. The van der Waals surface area contributed by atoms with Gasteiger partial charge in [-0.3, -0.25) is 9.59 Å². The van der Waals surface area contributed by atoms with Gasteiger partial charge in [0.1, 0.15) is 74.8 Å². The van der Waals surface area contributed by atoms with E-state index in [-0.39, 0.29) is 24.1 Å². The van der Waals surface area contributed by atoms with Crippen molar-refractivity contribution < 1.29 is 100 Å². The molecule has 127 heavy (non-hydrogen) atoms. The van der Waals surface area contributed by atoms with Crippen LogP contribution in [0.5, 0.6) is 40.2 Å². The number of fused-ring (bicyclic) bond motifs is 5. The number of hydrogen-bond donors (Lipinski definition) is 6. The average Bonchev–Trinajstić information content (AvgIpc) is 1.72. The molecule has 0 bridgehead atoms. The summed E-state index contributed by atoms with van der Waals surface area (Å²) >= 11 is 13.2. The molecule has 27 heteroatoms. The average molecular weight is 1980 g/mol. The third kappa shape index (κ3) is 27.5. The molecule has 0 radical (unpaired) electrons. The maximum atomic E-state index is 11.0. The van der Waals surface area contributed by atoms with E-state index in [2.05, 4.69) is 101 Å². The second kappa shape index (κ2) is 50.0. The third-order valence-electron chi connectivity index (χ3n) is 19.3. The summed E-state index contributed by atoms with van der Waals surface area (Å²) in [5.41, 5.74) is 19.2. The fourth-order valence-electron chi connectivity index (χ4n) is 12.5. The van der Waals surface area contributed by atoms with Crippen LogP contribution in [0.15, 0.2) is 321 Å². The Morgan fingerprint density at radius 1 is 0.378 bits per heavy atom. The van der Waals surface area contributed by atoms with Crippen LogP contribution < -0.4 is 24.4 Å². The molecule has 0 aliphatic rings. The molecule has 0 aliphatic heterocycles. The standard InChI is InChI=1S/C16H12O3.C16H14O2.C15H11NO3.C15H10O3.C11H15BrO3.C9H7BrO.C7H9BO3.C7H7BrO.C4H9BrO2/c1-18-13-5-2-11(3-6-13)14-7-4-12(10-17)15-8-9-19-16(14)15;1-11-3-8-15(16-14(11)9-10-18-16)12-4-6-13(17-2)7-5-12;17-12-4-1-10(2-5-12)13-6-3-11(9-16-18)14-7-8-19-15(13)14;16-9-11-3-6-13(15-14(11)7-8-18-15)10-1-4-12(17)5-2-10;1-8-4-5-9(12)10(6-8)15-7-11(13-2)14-3;1-6-2-3-8(10)9-7(6)4-5-11-9;1-11-7-4-2-6(3-5-7)8(9)10;1-5-2-3-6(8)7(9)4-5;1-6-4(3-5)7-2/h2-10H,1H3;3-10H,1-2H3;1-9,17-18H;1-9,17H;4-6,11H,7H2,1-3H3;2-5H,1H3;2-5,9-10H,1H3;2-4,9H,1H3;4H,3H2,1-2H3/b;;16-9+;;;;;;. The van der Waals surface area contributed by atoms with Crippen molar-refractivity contribution in [3.05, 3.63) is 332 Å². The van der Waals surface area contributed by atoms with Crippen LogP contribution in [0.25, 0.3) is 99.4 Å². The normalized spacial score (nSPS) is 10.6. The number of methoxy groups -OCH3 is 7. The number of oxime groups is 1. The van der Waals surface area contributed by atoms with E-state index in [0.29, 0.717) is 40.3 Å². The van der Waals surface area contributed by atoms with Gasteiger partial charge in [0.15, 0.2) is 25.2 Å². The van der Waals surface area contributed by atoms with Crippen LogP contribution in [0.2, 0.25) is 0 Å². The molecular formula is C100H94BBr4NO21. The molecule has 656 valence electrons. The van der Waals surface area contributed by atoms with Gasteiger partial charge < -0.3 is 90.6 Å². The number of alkyl halides is 1. The Morgan fingerprint density at radius 2 is 0.717 bits per heavy atom. The number of phenols is 3. The van der Waals surface area contributed by atoms with Crippen molar-refractivity contribution in [2.45, 2.75) is 40.3 Å². The van der Waals surface area contributed by atoms with Crippen molar-refractivity contribution in [2.75, 3.05) is 61.7 Å². The van der Waals surface area contributed by atoms with Gasteiger partial charge in [0.05, 0.1) is 77.6 Å². The number of carbonyl (C=O) groups excluding carboxylic acids is 2. The molecule has 0 unspecified atom stereocenters. The van der Waals surface area contributed by atoms with Gasteiger partial charge in [0.2, 0.25) is 0 Å². The lowest BCUT2D eigenvalue weighted by atomic mass is 9.80.